The minimum absolute atomic E-state index is 0.0279. The maximum atomic E-state index is 13.6. The Balaban J connectivity index is 1.46. The van der Waals surface area contributed by atoms with Gasteiger partial charge in [-0.05, 0) is 42.8 Å². The Morgan fingerprint density at radius 1 is 1.09 bits per heavy atom. The molecule has 4 aromatic rings. The Bertz CT molecular complexity index is 1320. The average Bonchev–Trinajstić information content (AvgIpc) is 3.34. The predicted molar refractivity (Wildman–Crippen MR) is 103 cm³/mol. The number of pyridine rings is 1. The van der Waals surface area contributed by atoms with E-state index < -0.39 is 29.3 Å². The summed E-state index contributed by atoms with van der Waals surface area (Å²) in [5.74, 6) is -1.71. The van der Waals surface area contributed by atoms with Crippen LogP contribution in [0.3, 0.4) is 0 Å². The molecule has 9 nitrogen and oxygen atoms in total. The van der Waals surface area contributed by atoms with Crippen molar-refractivity contribution in [2.24, 2.45) is 0 Å². The van der Waals surface area contributed by atoms with Crippen LogP contribution >= 0.6 is 0 Å². The summed E-state index contributed by atoms with van der Waals surface area (Å²) in [4.78, 5) is 24.6. The molecular formula is C19H15F4N7O2. The first-order valence-corrected chi connectivity index (χ1v) is 9.37. The van der Waals surface area contributed by atoms with Crippen LogP contribution in [-0.2, 0) is 12.7 Å². The number of carbonyl (C=O) groups is 1. The molecule has 0 aliphatic rings. The second kappa shape index (κ2) is 8.24. The average molecular weight is 449 g/mol. The molecule has 0 saturated heterocycles. The summed E-state index contributed by atoms with van der Waals surface area (Å²) in [5.41, 5.74) is -2.30. The second-order valence-electron chi connectivity index (χ2n) is 6.72. The molecule has 32 heavy (non-hydrogen) atoms. The van der Waals surface area contributed by atoms with E-state index in [1.807, 2.05) is 0 Å². The van der Waals surface area contributed by atoms with Gasteiger partial charge in [-0.25, -0.2) is 18.5 Å². The zero-order valence-corrected chi connectivity index (χ0v) is 16.3. The van der Waals surface area contributed by atoms with Crippen molar-refractivity contribution in [3.63, 3.8) is 0 Å². The minimum atomic E-state index is -4.94. The van der Waals surface area contributed by atoms with Gasteiger partial charge in [-0.1, -0.05) is 11.3 Å². The summed E-state index contributed by atoms with van der Waals surface area (Å²) in [6.45, 7) is 0.120. The lowest BCUT2D eigenvalue weighted by molar-refractivity contribution is -0.143. The van der Waals surface area contributed by atoms with E-state index in [0.717, 1.165) is 24.3 Å². The van der Waals surface area contributed by atoms with Gasteiger partial charge >= 0.3 is 11.9 Å². The van der Waals surface area contributed by atoms with E-state index in [2.05, 4.69) is 20.7 Å². The summed E-state index contributed by atoms with van der Waals surface area (Å²) in [6.07, 6.45) is -3.14. The fraction of sp³-hybridized carbons (Fsp3) is 0.211. The summed E-state index contributed by atoms with van der Waals surface area (Å²) in [6, 6.07) is 9.18. The van der Waals surface area contributed by atoms with E-state index in [0.29, 0.717) is 10.3 Å². The first-order chi connectivity index (χ1) is 15.3. The highest BCUT2D eigenvalue weighted by molar-refractivity contribution is 5.93. The van der Waals surface area contributed by atoms with E-state index >= 15 is 0 Å². The van der Waals surface area contributed by atoms with E-state index in [-0.39, 0.29) is 30.9 Å². The van der Waals surface area contributed by atoms with Crippen LogP contribution in [-0.4, -0.2) is 41.6 Å². The number of hydrogen-bond acceptors (Lipinski definition) is 5. The third kappa shape index (κ3) is 4.08. The molecular weight excluding hydrogens is 434 g/mol. The van der Waals surface area contributed by atoms with Gasteiger partial charge in [0.2, 0.25) is 0 Å². The van der Waals surface area contributed by atoms with Gasteiger partial charge in [0.05, 0.1) is 5.69 Å². The summed E-state index contributed by atoms with van der Waals surface area (Å²) < 4.78 is 56.9. The third-order valence-corrected chi connectivity index (χ3v) is 4.55. The molecule has 166 valence electrons. The van der Waals surface area contributed by atoms with Crippen molar-refractivity contribution in [1.82, 2.24) is 34.5 Å². The van der Waals surface area contributed by atoms with Gasteiger partial charge in [0.25, 0.3) is 5.91 Å². The number of nitrogens with one attached hydrogen (secondary N) is 1. The first kappa shape index (κ1) is 21.2. The molecule has 0 bridgehead atoms. The zero-order chi connectivity index (χ0) is 22.9. The van der Waals surface area contributed by atoms with Crippen molar-refractivity contribution in [2.45, 2.75) is 19.1 Å². The highest BCUT2D eigenvalue weighted by Crippen LogP contribution is 2.32. The maximum absolute atomic E-state index is 13.6. The molecule has 0 unspecified atom stereocenters. The molecule has 1 amide bonds. The van der Waals surface area contributed by atoms with Gasteiger partial charge in [-0.2, -0.15) is 13.2 Å². The van der Waals surface area contributed by atoms with Gasteiger partial charge in [-0.15, -0.1) is 10.2 Å². The largest absolute Gasteiger partial charge is 0.435 e. The highest BCUT2D eigenvalue weighted by Gasteiger charge is 2.41. The van der Waals surface area contributed by atoms with Crippen LogP contribution < -0.4 is 11.0 Å². The van der Waals surface area contributed by atoms with Gasteiger partial charge in [0.1, 0.15) is 5.82 Å². The Labute approximate surface area is 176 Å². The number of rotatable bonds is 6. The zero-order valence-electron chi connectivity index (χ0n) is 16.3. The van der Waals surface area contributed by atoms with Crippen molar-refractivity contribution in [3.8, 4) is 5.69 Å². The van der Waals surface area contributed by atoms with Crippen LogP contribution in [0, 0.1) is 5.82 Å². The van der Waals surface area contributed by atoms with Crippen molar-refractivity contribution < 1.29 is 22.4 Å². The predicted octanol–water partition coefficient (Wildman–Crippen LogP) is 2.05. The van der Waals surface area contributed by atoms with Crippen molar-refractivity contribution in [2.75, 3.05) is 6.54 Å². The molecule has 0 radical (unpaired) electrons. The number of alkyl halides is 3. The molecule has 0 spiro atoms. The fourth-order valence-corrected chi connectivity index (χ4v) is 3.08. The number of benzene rings is 1. The van der Waals surface area contributed by atoms with Crippen LogP contribution in [0.1, 0.15) is 22.6 Å². The van der Waals surface area contributed by atoms with Crippen LogP contribution in [0.5, 0.6) is 0 Å². The van der Waals surface area contributed by atoms with Crippen molar-refractivity contribution >= 4 is 11.6 Å². The lowest BCUT2D eigenvalue weighted by Gasteiger charge is -2.11. The molecule has 0 atom stereocenters. The number of aryl methyl sites for hydroxylation is 1. The van der Waals surface area contributed by atoms with Gasteiger partial charge in [-0.3, -0.25) is 9.20 Å². The number of carbonyl (C=O) groups excluding carboxylic acids is 1. The van der Waals surface area contributed by atoms with E-state index in [1.54, 1.807) is 24.4 Å². The first-order valence-electron chi connectivity index (χ1n) is 9.37. The molecule has 13 heteroatoms. The Morgan fingerprint density at radius 2 is 1.84 bits per heavy atom. The number of hydrogen-bond donors (Lipinski definition) is 1. The molecule has 3 heterocycles. The summed E-state index contributed by atoms with van der Waals surface area (Å²) >= 11 is 0. The SMILES string of the molecule is O=C(NCCCn1nc2ccccn2c1=O)c1nnn(-c2ccc(F)cc2)c1C(F)(F)F. The van der Waals surface area contributed by atoms with Crippen LogP contribution in [0.2, 0.25) is 0 Å². The van der Waals surface area contributed by atoms with Gasteiger partial charge < -0.3 is 5.32 Å². The maximum Gasteiger partial charge on any atom is 0.435 e. The number of fused-ring (bicyclic) bond motifs is 1. The summed E-state index contributed by atoms with van der Waals surface area (Å²) in [7, 11) is 0. The van der Waals surface area contributed by atoms with Gasteiger partial charge in [0, 0.05) is 19.3 Å². The molecule has 3 aromatic heterocycles. The van der Waals surface area contributed by atoms with E-state index in [4.69, 9.17) is 0 Å². The van der Waals surface area contributed by atoms with Crippen LogP contribution in [0.15, 0.2) is 53.5 Å². The third-order valence-electron chi connectivity index (χ3n) is 4.55. The Morgan fingerprint density at radius 3 is 2.53 bits per heavy atom. The normalized spacial score (nSPS) is 11.8. The molecule has 0 fully saturated rings. The number of aromatic nitrogens is 6. The molecule has 0 aliphatic heterocycles. The number of nitrogens with zero attached hydrogens (tertiary/aromatic N) is 6. The van der Waals surface area contributed by atoms with Gasteiger partial charge in [0.15, 0.2) is 17.0 Å². The number of amides is 1. The lowest BCUT2D eigenvalue weighted by atomic mass is 10.2. The standard InChI is InChI=1S/C19H15F4N7O2/c20-12-5-7-13(8-6-12)30-16(19(21,22)23)15(25-27-30)17(31)24-9-3-11-29-18(32)28-10-2-1-4-14(28)26-29/h1-2,4-8,10H,3,9,11H2,(H,24,31). The van der Waals surface area contributed by atoms with Crippen LogP contribution in [0.4, 0.5) is 17.6 Å². The van der Waals surface area contributed by atoms with Crippen molar-refractivity contribution in [3.05, 3.63) is 76.4 Å². The quantitative estimate of drug-likeness (QED) is 0.359. The highest BCUT2D eigenvalue weighted by atomic mass is 19.4. The lowest BCUT2D eigenvalue weighted by Crippen LogP contribution is -2.29. The molecule has 4 rings (SSSR count). The Hall–Kier alpha value is -4.03. The fourth-order valence-electron chi connectivity index (χ4n) is 3.08. The molecule has 0 aliphatic carbocycles. The smallest absolute Gasteiger partial charge is 0.351 e. The van der Waals surface area contributed by atoms with E-state index in [1.165, 1.54) is 9.08 Å². The Kier molecular flexibility index (Phi) is 5.47. The van der Waals surface area contributed by atoms with Crippen molar-refractivity contribution in [1.29, 1.82) is 0 Å². The monoisotopic (exact) mass is 449 g/mol. The second-order valence-corrected chi connectivity index (χ2v) is 6.72. The van der Waals surface area contributed by atoms with E-state index in [9.17, 15) is 27.2 Å². The summed E-state index contributed by atoms with van der Waals surface area (Å²) in [5, 5.41) is 13.3. The number of halogens is 4. The molecule has 0 saturated carbocycles. The minimum Gasteiger partial charge on any atom is -0.351 e. The molecule has 1 aromatic carbocycles. The van der Waals surface area contributed by atoms with Crippen LogP contribution in [0.25, 0.3) is 11.3 Å². The topological polar surface area (TPSA) is 99.1 Å². The molecule has 1 N–H and O–H groups in total.